The largest absolute Gasteiger partial charge is 0.310 e. The Hall–Kier alpha value is -0.640. The fraction of sp³-hybridized carbons (Fsp3) is 0.375. The van der Waals surface area contributed by atoms with Crippen LogP contribution in [0.2, 0.25) is 0 Å². The Labute approximate surface area is 128 Å². The molecule has 19 heavy (non-hydrogen) atoms. The third kappa shape index (κ3) is 4.16. The summed E-state index contributed by atoms with van der Waals surface area (Å²) in [6.07, 6.45) is 2.28. The normalized spacial score (nSPS) is 12.6. The molecule has 1 aromatic heterocycles. The van der Waals surface area contributed by atoms with Crippen LogP contribution >= 0.6 is 27.3 Å². The lowest BCUT2D eigenvalue weighted by molar-refractivity contribution is 0.515. The van der Waals surface area contributed by atoms with Crippen LogP contribution in [0.3, 0.4) is 0 Å². The van der Waals surface area contributed by atoms with Gasteiger partial charge in [0, 0.05) is 10.5 Å². The van der Waals surface area contributed by atoms with Gasteiger partial charge in [-0.05, 0) is 65.9 Å². The van der Waals surface area contributed by atoms with Gasteiger partial charge in [-0.3, -0.25) is 0 Å². The van der Waals surface area contributed by atoms with E-state index in [1.807, 2.05) is 0 Å². The first-order valence-corrected chi connectivity index (χ1v) is 8.44. The Morgan fingerprint density at radius 1 is 1.32 bits per heavy atom. The number of nitrogens with one attached hydrogen (secondary N) is 1. The van der Waals surface area contributed by atoms with Crippen molar-refractivity contribution >= 4 is 27.3 Å². The van der Waals surface area contributed by atoms with Crippen molar-refractivity contribution in [2.24, 2.45) is 0 Å². The van der Waals surface area contributed by atoms with E-state index >= 15 is 0 Å². The minimum absolute atomic E-state index is 0.441. The number of thiophene rings is 1. The van der Waals surface area contributed by atoms with E-state index in [0.717, 1.165) is 19.4 Å². The van der Waals surface area contributed by atoms with Crippen molar-refractivity contribution in [2.45, 2.75) is 32.7 Å². The van der Waals surface area contributed by atoms with Gasteiger partial charge in [0.1, 0.15) is 0 Å². The SMILES string of the molecule is CCNC(CCc1ccsc1)c1ccc(Br)c(C)c1. The zero-order valence-corrected chi connectivity index (χ0v) is 13.9. The van der Waals surface area contributed by atoms with E-state index in [2.05, 4.69) is 70.1 Å². The second-order valence-electron chi connectivity index (χ2n) is 4.79. The number of halogens is 1. The Morgan fingerprint density at radius 3 is 2.79 bits per heavy atom. The number of aryl methyl sites for hydroxylation is 2. The standard InChI is InChI=1S/C16H20BrNS/c1-3-18-16(7-4-13-8-9-19-11-13)14-5-6-15(17)12(2)10-14/h5-6,8-11,16,18H,3-4,7H2,1-2H3. The van der Waals surface area contributed by atoms with Crippen LogP contribution in [0.15, 0.2) is 39.5 Å². The van der Waals surface area contributed by atoms with Gasteiger partial charge >= 0.3 is 0 Å². The average Bonchev–Trinajstić information content (AvgIpc) is 2.91. The second-order valence-corrected chi connectivity index (χ2v) is 6.42. The summed E-state index contributed by atoms with van der Waals surface area (Å²) in [6, 6.07) is 9.32. The first-order chi connectivity index (χ1) is 9.20. The summed E-state index contributed by atoms with van der Waals surface area (Å²) in [6.45, 7) is 5.32. The summed E-state index contributed by atoms with van der Waals surface area (Å²) in [7, 11) is 0. The smallest absolute Gasteiger partial charge is 0.0323 e. The number of hydrogen-bond donors (Lipinski definition) is 1. The monoisotopic (exact) mass is 337 g/mol. The summed E-state index contributed by atoms with van der Waals surface area (Å²) in [5.74, 6) is 0. The van der Waals surface area contributed by atoms with Crippen molar-refractivity contribution in [1.82, 2.24) is 5.32 Å². The molecule has 0 fully saturated rings. The molecule has 0 bridgehead atoms. The maximum atomic E-state index is 3.60. The van der Waals surface area contributed by atoms with Gasteiger partial charge in [0.25, 0.3) is 0 Å². The Bertz CT molecular complexity index is 507. The van der Waals surface area contributed by atoms with Gasteiger partial charge in [-0.1, -0.05) is 35.0 Å². The summed E-state index contributed by atoms with van der Waals surface area (Å²) < 4.78 is 1.18. The summed E-state index contributed by atoms with van der Waals surface area (Å²) in [5.41, 5.74) is 4.13. The van der Waals surface area contributed by atoms with Gasteiger partial charge in [-0.15, -0.1) is 0 Å². The number of hydrogen-bond acceptors (Lipinski definition) is 2. The van der Waals surface area contributed by atoms with E-state index < -0.39 is 0 Å². The fourth-order valence-corrected chi connectivity index (χ4v) is 3.21. The van der Waals surface area contributed by atoms with Crippen molar-refractivity contribution < 1.29 is 0 Å². The molecule has 1 nitrogen and oxygen atoms in total. The predicted molar refractivity (Wildman–Crippen MR) is 87.9 cm³/mol. The Balaban J connectivity index is 2.07. The van der Waals surface area contributed by atoms with Crippen LogP contribution in [-0.2, 0) is 6.42 Å². The van der Waals surface area contributed by atoms with Gasteiger partial charge in [-0.25, -0.2) is 0 Å². The molecule has 0 aliphatic heterocycles. The molecule has 2 rings (SSSR count). The van der Waals surface area contributed by atoms with Crippen LogP contribution in [0.4, 0.5) is 0 Å². The second kappa shape index (κ2) is 7.22. The van der Waals surface area contributed by atoms with Crippen molar-refractivity contribution in [3.63, 3.8) is 0 Å². The quantitative estimate of drug-likeness (QED) is 0.772. The number of benzene rings is 1. The van der Waals surface area contributed by atoms with E-state index in [1.165, 1.54) is 21.2 Å². The van der Waals surface area contributed by atoms with Crippen LogP contribution in [0.25, 0.3) is 0 Å². The molecular weight excluding hydrogens is 318 g/mol. The lowest BCUT2D eigenvalue weighted by Gasteiger charge is -2.19. The molecule has 3 heteroatoms. The van der Waals surface area contributed by atoms with Crippen LogP contribution in [0, 0.1) is 6.92 Å². The zero-order chi connectivity index (χ0) is 13.7. The lowest BCUT2D eigenvalue weighted by Crippen LogP contribution is -2.21. The highest BCUT2D eigenvalue weighted by atomic mass is 79.9. The molecule has 0 saturated carbocycles. The van der Waals surface area contributed by atoms with Crippen molar-refractivity contribution in [3.8, 4) is 0 Å². The molecular formula is C16H20BrNS. The van der Waals surface area contributed by atoms with Crippen LogP contribution < -0.4 is 5.32 Å². The molecule has 0 aliphatic rings. The van der Waals surface area contributed by atoms with E-state index in [0.29, 0.717) is 6.04 Å². The van der Waals surface area contributed by atoms with E-state index in [-0.39, 0.29) is 0 Å². The van der Waals surface area contributed by atoms with Gasteiger partial charge in [0.05, 0.1) is 0 Å². The van der Waals surface area contributed by atoms with Crippen molar-refractivity contribution in [3.05, 3.63) is 56.2 Å². The highest BCUT2D eigenvalue weighted by Crippen LogP contribution is 2.24. The molecule has 1 heterocycles. The van der Waals surface area contributed by atoms with Gasteiger partial charge in [0.15, 0.2) is 0 Å². The molecule has 102 valence electrons. The maximum absolute atomic E-state index is 3.60. The molecule has 1 unspecified atom stereocenters. The minimum Gasteiger partial charge on any atom is -0.310 e. The topological polar surface area (TPSA) is 12.0 Å². The molecule has 0 spiro atoms. The molecule has 0 radical (unpaired) electrons. The van der Waals surface area contributed by atoms with Crippen LogP contribution in [0.5, 0.6) is 0 Å². The minimum atomic E-state index is 0.441. The Kier molecular flexibility index (Phi) is 5.61. The molecule has 2 aromatic rings. The van der Waals surface area contributed by atoms with Gasteiger partial charge in [-0.2, -0.15) is 11.3 Å². The van der Waals surface area contributed by atoms with E-state index in [4.69, 9.17) is 0 Å². The first-order valence-electron chi connectivity index (χ1n) is 6.71. The zero-order valence-electron chi connectivity index (χ0n) is 11.4. The fourth-order valence-electron chi connectivity index (χ4n) is 2.26. The Morgan fingerprint density at radius 2 is 2.16 bits per heavy atom. The summed E-state index contributed by atoms with van der Waals surface area (Å²) in [4.78, 5) is 0. The molecule has 0 saturated heterocycles. The average molecular weight is 338 g/mol. The molecule has 1 aromatic carbocycles. The highest BCUT2D eigenvalue weighted by Gasteiger charge is 2.11. The molecule has 0 amide bonds. The van der Waals surface area contributed by atoms with Crippen LogP contribution in [-0.4, -0.2) is 6.54 Å². The molecule has 1 atom stereocenters. The van der Waals surface area contributed by atoms with Crippen molar-refractivity contribution in [2.75, 3.05) is 6.54 Å². The lowest BCUT2D eigenvalue weighted by atomic mass is 9.98. The van der Waals surface area contributed by atoms with Gasteiger partial charge in [0.2, 0.25) is 0 Å². The van der Waals surface area contributed by atoms with Crippen molar-refractivity contribution in [1.29, 1.82) is 0 Å². The van der Waals surface area contributed by atoms with Crippen LogP contribution in [0.1, 0.15) is 36.1 Å². The first kappa shape index (κ1) is 14.8. The summed E-state index contributed by atoms with van der Waals surface area (Å²) in [5, 5.41) is 8.00. The van der Waals surface area contributed by atoms with E-state index in [1.54, 1.807) is 11.3 Å². The third-order valence-corrected chi connectivity index (χ3v) is 4.96. The predicted octanol–water partition coefficient (Wildman–Crippen LogP) is 5.10. The van der Waals surface area contributed by atoms with Gasteiger partial charge < -0.3 is 5.32 Å². The number of rotatable bonds is 6. The maximum Gasteiger partial charge on any atom is 0.0323 e. The molecule has 1 N–H and O–H groups in total. The summed E-state index contributed by atoms with van der Waals surface area (Å²) >= 11 is 5.35. The molecule has 0 aliphatic carbocycles. The van der Waals surface area contributed by atoms with E-state index in [9.17, 15) is 0 Å². The third-order valence-electron chi connectivity index (χ3n) is 3.34. The highest BCUT2D eigenvalue weighted by molar-refractivity contribution is 9.10.